The molecule has 0 aliphatic carbocycles. The average Bonchev–Trinajstić information content (AvgIpc) is 2.98. The Morgan fingerprint density at radius 3 is 2.79 bits per heavy atom. The van der Waals surface area contributed by atoms with Crippen molar-refractivity contribution in [1.82, 2.24) is 25.6 Å². The number of nitrogens with zero attached hydrogens (tertiary/aromatic N) is 3. The summed E-state index contributed by atoms with van der Waals surface area (Å²) in [6, 6.07) is 3.53. The minimum atomic E-state index is -4.35. The minimum Gasteiger partial charge on any atom is -0.353 e. The second kappa shape index (κ2) is 4.08. The zero-order chi connectivity index (χ0) is 13.5. The van der Waals surface area contributed by atoms with Crippen molar-refractivity contribution in [2.24, 2.45) is 0 Å². The Hall–Kier alpha value is -2.38. The normalized spacial score (nSPS) is 12.2. The van der Waals surface area contributed by atoms with E-state index in [9.17, 15) is 13.2 Å². The Balaban J connectivity index is 2.00. The molecule has 0 saturated heterocycles. The van der Waals surface area contributed by atoms with Gasteiger partial charge in [0.25, 0.3) is 0 Å². The van der Waals surface area contributed by atoms with E-state index in [1.165, 1.54) is 6.07 Å². The first-order chi connectivity index (χ1) is 9.04. The SMILES string of the molecule is FC(F)(F)c1ccc2c(Cc3nnn[nH]3)[c][nH]c2c1. The predicted octanol–water partition coefficient (Wildman–Crippen LogP) is 2.09. The lowest BCUT2D eigenvalue weighted by atomic mass is 10.1. The molecular weight excluding hydrogens is 259 g/mol. The monoisotopic (exact) mass is 266 g/mol. The van der Waals surface area contributed by atoms with Gasteiger partial charge in [-0.25, -0.2) is 5.10 Å². The number of halogens is 3. The highest BCUT2D eigenvalue weighted by atomic mass is 19.4. The van der Waals surface area contributed by atoms with Gasteiger partial charge < -0.3 is 4.98 Å². The number of tetrazole rings is 1. The van der Waals surface area contributed by atoms with Gasteiger partial charge in [0.2, 0.25) is 0 Å². The number of fused-ring (bicyclic) bond motifs is 1. The van der Waals surface area contributed by atoms with E-state index in [0.717, 1.165) is 12.1 Å². The van der Waals surface area contributed by atoms with E-state index in [1.54, 1.807) is 0 Å². The van der Waals surface area contributed by atoms with E-state index in [2.05, 4.69) is 31.8 Å². The lowest BCUT2D eigenvalue weighted by Gasteiger charge is -2.06. The zero-order valence-corrected chi connectivity index (χ0v) is 9.41. The number of benzene rings is 1. The summed E-state index contributed by atoms with van der Waals surface area (Å²) in [6.45, 7) is 0. The first kappa shape index (κ1) is 11.7. The first-order valence-corrected chi connectivity index (χ1v) is 5.36. The summed E-state index contributed by atoms with van der Waals surface area (Å²) in [7, 11) is 0. The van der Waals surface area contributed by atoms with Crippen molar-refractivity contribution < 1.29 is 13.2 Å². The fraction of sp³-hybridized carbons (Fsp3) is 0.182. The molecule has 0 spiro atoms. The summed E-state index contributed by atoms with van der Waals surface area (Å²) in [5.41, 5.74) is 0.405. The van der Waals surface area contributed by atoms with Crippen LogP contribution in [0.2, 0.25) is 0 Å². The van der Waals surface area contributed by atoms with E-state index in [0.29, 0.717) is 28.7 Å². The maximum atomic E-state index is 12.6. The third-order valence-electron chi connectivity index (χ3n) is 2.75. The highest BCUT2D eigenvalue weighted by Crippen LogP contribution is 2.32. The molecular formula is C11H7F3N5. The van der Waals surface area contributed by atoms with Gasteiger partial charge in [-0.15, -0.1) is 5.10 Å². The van der Waals surface area contributed by atoms with Crippen LogP contribution in [0.25, 0.3) is 10.9 Å². The van der Waals surface area contributed by atoms with Crippen LogP contribution in [0.4, 0.5) is 13.2 Å². The Labute approximate surface area is 104 Å². The van der Waals surface area contributed by atoms with E-state index in [-0.39, 0.29) is 0 Å². The Bertz CT molecular complexity index is 699. The number of H-pyrrole nitrogens is 2. The molecule has 3 aromatic rings. The second-order valence-electron chi connectivity index (χ2n) is 4.01. The molecule has 97 valence electrons. The van der Waals surface area contributed by atoms with Gasteiger partial charge in [0, 0.05) is 17.3 Å². The molecule has 2 aromatic heterocycles. The van der Waals surface area contributed by atoms with Crippen molar-refractivity contribution in [2.75, 3.05) is 0 Å². The van der Waals surface area contributed by atoms with Crippen LogP contribution in [-0.4, -0.2) is 25.6 Å². The van der Waals surface area contributed by atoms with Crippen LogP contribution in [0.15, 0.2) is 18.2 Å². The highest BCUT2D eigenvalue weighted by Gasteiger charge is 2.30. The number of hydrogen-bond acceptors (Lipinski definition) is 3. The molecule has 1 radical (unpaired) electrons. The van der Waals surface area contributed by atoms with Crippen molar-refractivity contribution in [2.45, 2.75) is 12.6 Å². The molecule has 3 rings (SSSR count). The van der Waals surface area contributed by atoms with E-state index in [4.69, 9.17) is 0 Å². The Morgan fingerprint density at radius 2 is 2.11 bits per heavy atom. The van der Waals surface area contributed by atoms with Crippen molar-refractivity contribution in [3.05, 3.63) is 41.3 Å². The Morgan fingerprint density at radius 1 is 1.26 bits per heavy atom. The highest BCUT2D eigenvalue weighted by molar-refractivity contribution is 5.83. The summed E-state index contributed by atoms with van der Waals surface area (Å²) in [4.78, 5) is 2.71. The van der Waals surface area contributed by atoms with Gasteiger partial charge in [0.1, 0.15) is 0 Å². The summed E-state index contributed by atoms with van der Waals surface area (Å²) in [5.74, 6) is 0.525. The molecule has 0 amide bonds. The molecule has 19 heavy (non-hydrogen) atoms. The van der Waals surface area contributed by atoms with Crippen LogP contribution in [0.3, 0.4) is 0 Å². The van der Waals surface area contributed by atoms with Crippen LogP contribution in [0, 0.1) is 6.20 Å². The van der Waals surface area contributed by atoms with Gasteiger partial charge >= 0.3 is 6.18 Å². The summed E-state index contributed by atoms with van der Waals surface area (Å²) >= 11 is 0. The van der Waals surface area contributed by atoms with Crippen molar-refractivity contribution in [3.8, 4) is 0 Å². The van der Waals surface area contributed by atoms with Crippen molar-refractivity contribution in [3.63, 3.8) is 0 Å². The number of nitrogens with one attached hydrogen (secondary N) is 2. The number of alkyl halides is 3. The fourth-order valence-corrected chi connectivity index (χ4v) is 1.86. The minimum absolute atomic E-state index is 0.373. The molecule has 1 aromatic carbocycles. The van der Waals surface area contributed by atoms with Crippen LogP contribution >= 0.6 is 0 Å². The quantitative estimate of drug-likeness (QED) is 0.746. The van der Waals surface area contributed by atoms with Crippen LogP contribution in [-0.2, 0) is 12.6 Å². The van der Waals surface area contributed by atoms with E-state index >= 15 is 0 Å². The van der Waals surface area contributed by atoms with Gasteiger partial charge in [-0.3, -0.25) is 0 Å². The van der Waals surface area contributed by atoms with Gasteiger partial charge in [0.05, 0.1) is 11.8 Å². The first-order valence-electron chi connectivity index (χ1n) is 5.36. The number of aromatic nitrogens is 5. The molecule has 5 nitrogen and oxygen atoms in total. The van der Waals surface area contributed by atoms with E-state index in [1.807, 2.05) is 0 Å². The molecule has 2 heterocycles. The average molecular weight is 266 g/mol. The predicted molar refractivity (Wildman–Crippen MR) is 59.1 cm³/mol. The van der Waals surface area contributed by atoms with Gasteiger partial charge in [-0.2, -0.15) is 13.2 Å². The smallest absolute Gasteiger partial charge is 0.353 e. The molecule has 0 unspecified atom stereocenters. The molecule has 0 aliphatic heterocycles. The van der Waals surface area contributed by atoms with Gasteiger partial charge in [-0.1, -0.05) is 6.07 Å². The summed E-state index contributed by atoms with van der Waals surface area (Å²) < 4.78 is 37.7. The molecule has 2 N–H and O–H groups in total. The molecule has 8 heteroatoms. The number of hydrogen-bond donors (Lipinski definition) is 2. The lowest BCUT2D eigenvalue weighted by molar-refractivity contribution is -0.137. The van der Waals surface area contributed by atoms with Gasteiger partial charge in [-0.05, 0) is 28.1 Å². The molecule has 0 atom stereocenters. The van der Waals surface area contributed by atoms with Crippen LogP contribution in [0.5, 0.6) is 0 Å². The molecule has 0 bridgehead atoms. The largest absolute Gasteiger partial charge is 0.416 e. The lowest BCUT2D eigenvalue weighted by Crippen LogP contribution is -2.04. The Kier molecular flexibility index (Phi) is 2.51. The molecule has 0 saturated carbocycles. The third-order valence-corrected chi connectivity index (χ3v) is 2.75. The molecule has 0 aliphatic rings. The summed E-state index contributed by atoms with van der Waals surface area (Å²) in [5, 5.41) is 13.9. The number of rotatable bonds is 2. The fourth-order valence-electron chi connectivity index (χ4n) is 1.86. The zero-order valence-electron chi connectivity index (χ0n) is 9.41. The standard InChI is InChI=1S/C11H7F3N5/c12-11(13,14)7-1-2-8-6(5-15-9(8)4-7)3-10-16-18-19-17-10/h1-2,4,15H,3H2,(H,16,17,18,19). The third kappa shape index (κ3) is 2.16. The topological polar surface area (TPSA) is 70.2 Å². The van der Waals surface area contributed by atoms with Crippen molar-refractivity contribution in [1.29, 1.82) is 0 Å². The number of aromatic amines is 2. The second-order valence-corrected chi connectivity index (χ2v) is 4.01. The van der Waals surface area contributed by atoms with E-state index < -0.39 is 11.7 Å². The maximum absolute atomic E-state index is 12.6. The van der Waals surface area contributed by atoms with Crippen LogP contribution < -0.4 is 0 Å². The molecule has 0 fully saturated rings. The summed E-state index contributed by atoms with van der Waals surface area (Å²) in [6.07, 6.45) is -1.16. The van der Waals surface area contributed by atoms with Crippen molar-refractivity contribution >= 4 is 10.9 Å². The van der Waals surface area contributed by atoms with Crippen LogP contribution in [0.1, 0.15) is 17.0 Å². The maximum Gasteiger partial charge on any atom is 0.416 e. The van der Waals surface area contributed by atoms with Gasteiger partial charge in [0.15, 0.2) is 5.82 Å².